The molecule has 0 atom stereocenters. The van der Waals surface area contributed by atoms with Crippen molar-refractivity contribution in [2.45, 2.75) is 77.6 Å². The highest BCUT2D eigenvalue weighted by Crippen LogP contribution is 2.36. The molecule has 0 unspecified atom stereocenters. The maximum Gasteiger partial charge on any atom is 0.119 e. The molecule has 0 N–H and O–H groups in total. The fourth-order valence-corrected chi connectivity index (χ4v) is 4.26. The molecule has 1 heteroatoms. The standard InChI is InChI=1S/C30H38O/c1-3-5-9-25-12-18-28(19-13-25)29-20-14-26(15-21-29)10-7-8-11-27-16-22-30(23-17-27)31-24-6-4-2/h7,10,12-13,16-19,22-23,26,29H,3-6,9,14-15,20-21,24H2,1-2H3/t26-,29-. The minimum atomic E-state index is 0.670. The maximum atomic E-state index is 5.71. The maximum absolute atomic E-state index is 5.71. The van der Waals surface area contributed by atoms with Crippen LogP contribution in [-0.2, 0) is 6.42 Å². The molecule has 1 nitrogen and oxygen atoms in total. The van der Waals surface area contributed by atoms with Gasteiger partial charge in [-0.05, 0) is 98.2 Å². The Morgan fingerprint density at radius 3 is 2.26 bits per heavy atom. The Labute approximate surface area is 189 Å². The average Bonchev–Trinajstić information content (AvgIpc) is 2.82. The van der Waals surface area contributed by atoms with Gasteiger partial charge >= 0.3 is 0 Å². The summed E-state index contributed by atoms with van der Waals surface area (Å²) in [4.78, 5) is 0. The number of unbranched alkanes of at least 4 members (excludes halogenated alkanes) is 2. The van der Waals surface area contributed by atoms with E-state index in [9.17, 15) is 0 Å². The van der Waals surface area contributed by atoms with E-state index in [0.29, 0.717) is 5.92 Å². The van der Waals surface area contributed by atoms with Crippen molar-refractivity contribution in [2.75, 3.05) is 6.61 Å². The summed E-state index contributed by atoms with van der Waals surface area (Å²) in [5.41, 5.74) is 4.06. The lowest BCUT2D eigenvalue weighted by atomic mass is 9.78. The van der Waals surface area contributed by atoms with Crippen LogP contribution in [0.2, 0.25) is 0 Å². The molecule has 0 saturated heterocycles. The van der Waals surface area contributed by atoms with Crippen LogP contribution in [-0.4, -0.2) is 6.61 Å². The van der Waals surface area contributed by atoms with Gasteiger partial charge < -0.3 is 4.74 Å². The Kier molecular flexibility index (Phi) is 9.78. The molecule has 0 aliphatic heterocycles. The van der Waals surface area contributed by atoms with Crippen molar-refractivity contribution < 1.29 is 4.74 Å². The van der Waals surface area contributed by atoms with Crippen LogP contribution in [0.5, 0.6) is 5.75 Å². The molecule has 3 rings (SSSR count). The number of hydrogen-bond acceptors (Lipinski definition) is 1. The second-order valence-electron chi connectivity index (χ2n) is 8.81. The molecular formula is C30H38O. The predicted octanol–water partition coefficient (Wildman–Crippen LogP) is 8.09. The van der Waals surface area contributed by atoms with Crippen molar-refractivity contribution in [3.05, 3.63) is 77.4 Å². The summed E-state index contributed by atoms with van der Waals surface area (Å²) in [6.07, 6.45) is 15.5. The second-order valence-corrected chi connectivity index (χ2v) is 8.81. The molecule has 0 amide bonds. The van der Waals surface area contributed by atoms with Gasteiger partial charge in [0.1, 0.15) is 5.75 Å². The molecule has 164 valence electrons. The number of benzene rings is 2. The van der Waals surface area contributed by atoms with E-state index in [1.54, 1.807) is 0 Å². The van der Waals surface area contributed by atoms with Crippen molar-refractivity contribution in [3.63, 3.8) is 0 Å². The van der Waals surface area contributed by atoms with Crippen LogP contribution in [0.15, 0.2) is 60.7 Å². The molecule has 1 fully saturated rings. The molecule has 2 aromatic carbocycles. The lowest BCUT2D eigenvalue weighted by molar-refractivity contribution is 0.309. The van der Waals surface area contributed by atoms with E-state index in [-0.39, 0.29) is 0 Å². The van der Waals surface area contributed by atoms with Gasteiger partial charge in [0.2, 0.25) is 0 Å². The molecule has 0 aromatic heterocycles. The summed E-state index contributed by atoms with van der Waals surface area (Å²) in [6.45, 7) is 5.22. The third-order valence-corrected chi connectivity index (χ3v) is 6.33. The molecule has 31 heavy (non-hydrogen) atoms. The lowest BCUT2D eigenvalue weighted by Crippen LogP contribution is -2.11. The zero-order valence-electron chi connectivity index (χ0n) is 19.4. The largest absolute Gasteiger partial charge is 0.494 e. The predicted molar refractivity (Wildman–Crippen MR) is 133 cm³/mol. The van der Waals surface area contributed by atoms with Crippen LogP contribution in [0.4, 0.5) is 0 Å². The normalized spacial score (nSPS) is 18.5. The summed E-state index contributed by atoms with van der Waals surface area (Å²) < 4.78 is 5.71. The number of aryl methyl sites for hydroxylation is 1. The first kappa shape index (κ1) is 23.2. The zero-order chi connectivity index (χ0) is 21.7. The summed E-state index contributed by atoms with van der Waals surface area (Å²) in [5.74, 6) is 8.79. The topological polar surface area (TPSA) is 9.23 Å². The molecule has 0 spiro atoms. The van der Waals surface area contributed by atoms with Crippen LogP contribution < -0.4 is 4.74 Å². The van der Waals surface area contributed by atoms with Gasteiger partial charge in [-0.15, -0.1) is 0 Å². The number of allylic oxidation sites excluding steroid dienone is 2. The van der Waals surface area contributed by atoms with E-state index in [0.717, 1.165) is 36.7 Å². The number of rotatable bonds is 9. The van der Waals surface area contributed by atoms with Gasteiger partial charge in [0.15, 0.2) is 0 Å². The van der Waals surface area contributed by atoms with Crippen molar-refractivity contribution >= 4 is 0 Å². The van der Waals surface area contributed by atoms with Gasteiger partial charge in [-0.3, -0.25) is 0 Å². The SMILES string of the molecule is CCCCOc1ccc(C#CC=C[C@H]2CC[C@H](c3ccc(CCCC)cc3)CC2)cc1. The third-order valence-electron chi connectivity index (χ3n) is 6.33. The van der Waals surface area contributed by atoms with E-state index in [4.69, 9.17) is 4.74 Å². The molecule has 2 aromatic rings. The molecule has 0 bridgehead atoms. The highest BCUT2D eigenvalue weighted by atomic mass is 16.5. The number of ether oxygens (including phenoxy) is 1. The van der Waals surface area contributed by atoms with E-state index in [2.05, 4.69) is 62.1 Å². The van der Waals surface area contributed by atoms with Gasteiger partial charge in [0, 0.05) is 5.56 Å². The highest BCUT2D eigenvalue weighted by molar-refractivity contribution is 5.40. The smallest absolute Gasteiger partial charge is 0.119 e. The molecule has 0 heterocycles. The average molecular weight is 415 g/mol. The molecule has 0 radical (unpaired) electrons. The lowest BCUT2D eigenvalue weighted by Gasteiger charge is -2.27. The van der Waals surface area contributed by atoms with E-state index < -0.39 is 0 Å². The quantitative estimate of drug-likeness (QED) is 0.297. The van der Waals surface area contributed by atoms with Crippen LogP contribution in [0, 0.1) is 17.8 Å². The minimum Gasteiger partial charge on any atom is -0.494 e. The van der Waals surface area contributed by atoms with Gasteiger partial charge in [0.05, 0.1) is 6.61 Å². The van der Waals surface area contributed by atoms with Crippen molar-refractivity contribution in [2.24, 2.45) is 5.92 Å². The van der Waals surface area contributed by atoms with Crippen LogP contribution in [0.3, 0.4) is 0 Å². The second kappa shape index (κ2) is 13.1. The first-order valence-corrected chi connectivity index (χ1v) is 12.3. The summed E-state index contributed by atoms with van der Waals surface area (Å²) in [5, 5.41) is 0. The summed E-state index contributed by atoms with van der Waals surface area (Å²) >= 11 is 0. The van der Waals surface area contributed by atoms with E-state index in [1.165, 1.54) is 56.1 Å². The minimum absolute atomic E-state index is 0.670. The van der Waals surface area contributed by atoms with Gasteiger partial charge in [-0.25, -0.2) is 0 Å². The first-order chi connectivity index (χ1) is 15.3. The van der Waals surface area contributed by atoms with E-state index in [1.807, 2.05) is 24.3 Å². The third kappa shape index (κ3) is 7.95. The Balaban J connectivity index is 1.42. The summed E-state index contributed by atoms with van der Waals surface area (Å²) in [7, 11) is 0. The zero-order valence-corrected chi connectivity index (χ0v) is 19.4. The van der Waals surface area contributed by atoms with Crippen molar-refractivity contribution in [3.8, 4) is 17.6 Å². The van der Waals surface area contributed by atoms with Crippen LogP contribution in [0.25, 0.3) is 0 Å². The molecule has 1 aliphatic rings. The van der Waals surface area contributed by atoms with Crippen molar-refractivity contribution in [1.29, 1.82) is 0 Å². The Morgan fingerprint density at radius 1 is 0.871 bits per heavy atom. The van der Waals surface area contributed by atoms with Gasteiger partial charge in [-0.1, -0.05) is 68.9 Å². The van der Waals surface area contributed by atoms with Crippen LogP contribution in [0.1, 0.15) is 87.8 Å². The highest BCUT2D eigenvalue weighted by Gasteiger charge is 2.20. The van der Waals surface area contributed by atoms with Crippen LogP contribution >= 0.6 is 0 Å². The Hall–Kier alpha value is -2.46. The Bertz CT molecular complexity index is 840. The monoisotopic (exact) mass is 414 g/mol. The summed E-state index contributed by atoms with van der Waals surface area (Å²) in [6, 6.07) is 17.5. The molecular weight excluding hydrogens is 376 g/mol. The van der Waals surface area contributed by atoms with Crippen molar-refractivity contribution in [1.82, 2.24) is 0 Å². The van der Waals surface area contributed by atoms with Gasteiger partial charge in [-0.2, -0.15) is 0 Å². The fraction of sp³-hybridized carbons (Fsp3) is 0.467. The first-order valence-electron chi connectivity index (χ1n) is 12.3. The Morgan fingerprint density at radius 2 is 1.58 bits per heavy atom. The number of hydrogen-bond donors (Lipinski definition) is 0. The molecule has 1 aliphatic carbocycles. The fourth-order valence-electron chi connectivity index (χ4n) is 4.26. The van der Waals surface area contributed by atoms with Gasteiger partial charge in [0.25, 0.3) is 0 Å². The van der Waals surface area contributed by atoms with E-state index >= 15 is 0 Å². The molecule has 1 saturated carbocycles.